The van der Waals surface area contributed by atoms with Gasteiger partial charge in [0.1, 0.15) is 17.3 Å². The molecule has 1 saturated heterocycles. The minimum absolute atomic E-state index is 0.146. The maximum Gasteiger partial charge on any atom is 0.350 e. The van der Waals surface area contributed by atoms with Gasteiger partial charge in [0.2, 0.25) is 0 Å². The van der Waals surface area contributed by atoms with E-state index in [1.54, 1.807) is 6.92 Å². The molecule has 7 nitrogen and oxygen atoms in total. The van der Waals surface area contributed by atoms with Crippen molar-refractivity contribution in [3.05, 3.63) is 22.2 Å². The van der Waals surface area contributed by atoms with Crippen LogP contribution >= 0.6 is 11.8 Å². The Labute approximate surface area is 107 Å². The number of nitrogens with zero attached hydrogens (tertiary/aromatic N) is 2. The molecule has 4 atom stereocenters. The van der Waals surface area contributed by atoms with Crippen LogP contribution in [0.15, 0.2) is 11.0 Å². The van der Waals surface area contributed by atoms with E-state index in [1.165, 1.54) is 10.8 Å². The topological polar surface area (TPSA) is 122 Å². The Kier molecular flexibility index (Phi) is 3.62. The summed E-state index contributed by atoms with van der Waals surface area (Å²) < 4.78 is 1.24. The number of nitrogen functional groups attached to an aromatic ring is 1. The fourth-order valence-corrected chi connectivity index (χ4v) is 3.24. The molecule has 5 N–H and O–H groups in total. The number of aliphatic hydroxyl groups is 3. The molecule has 0 aliphatic carbocycles. The van der Waals surface area contributed by atoms with Crippen LogP contribution in [0.5, 0.6) is 0 Å². The number of hydrogen-bond donors (Lipinski definition) is 4. The van der Waals surface area contributed by atoms with Crippen LogP contribution in [0.4, 0.5) is 5.82 Å². The number of aromatic nitrogens is 2. The Bertz CT molecular complexity index is 506. The largest absolute Gasteiger partial charge is 0.395 e. The quantitative estimate of drug-likeness (QED) is 0.515. The van der Waals surface area contributed by atoms with Crippen LogP contribution in [0.1, 0.15) is 10.9 Å². The van der Waals surface area contributed by atoms with E-state index in [1.807, 2.05) is 0 Å². The van der Waals surface area contributed by atoms with Gasteiger partial charge in [-0.25, -0.2) is 4.79 Å². The van der Waals surface area contributed by atoms with Gasteiger partial charge in [-0.3, -0.25) is 4.57 Å². The fraction of sp³-hybridized carbons (Fsp3) is 0.600. The highest BCUT2D eigenvalue weighted by molar-refractivity contribution is 8.00. The standard InChI is InChI=1S/C10H15N3O4S/c1-4-2-13(10(17)12-8(4)11)9-7(16)6(15)5(3-14)18-9/h2,5-7,9,14-16H,3H2,1H3,(H2,11,12,17)/t5-,6-,7+,9+/m1/s1. The number of hydrogen-bond acceptors (Lipinski definition) is 7. The molecule has 0 spiro atoms. The zero-order valence-electron chi connectivity index (χ0n) is 9.72. The van der Waals surface area contributed by atoms with E-state index < -0.39 is 28.5 Å². The maximum absolute atomic E-state index is 11.7. The number of thioether (sulfide) groups is 1. The van der Waals surface area contributed by atoms with Gasteiger partial charge in [0.25, 0.3) is 0 Å². The fourth-order valence-electron chi connectivity index (χ4n) is 1.87. The highest BCUT2D eigenvalue weighted by atomic mass is 32.2. The number of anilines is 1. The molecule has 0 amide bonds. The molecule has 18 heavy (non-hydrogen) atoms. The Balaban J connectivity index is 2.39. The number of nitrogens with two attached hydrogens (primary N) is 1. The van der Waals surface area contributed by atoms with Gasteiger partial charge in [0, 0.05) is 11.8 Å². The number of rotatable bonds is 2. The molecule has 0 radical (unpaired) electrons. The monoisotopic (exact) mass is 273 g/mol. The minimum atomic E-state index is -1.13. The summed E-state index contributed by atoms with van der Waals surface area (Å²) in [5.41, 5.74) is 5.55. The Hall–Kier alpha value is -1.09. The van der Waals surface area contributed by atoms with Crippen LogP contribution < -0.4 is 11.4 Å². The van der Waals surface area contributed by atoms with E-state index in [-0.39, 0.29) is 12.4 Å². The molecule has 1 aliphatic heterocycles. The summed E-state index contributed by atoms with van der Waals surface area (Å²) in [7, 11) is 0. The summed E-state index contributed by atoms with van der Waals surface area (Å²) in [6, 6.07) is 0. The van der Waals surface area contributed by atoms with Crippen molar-refractivity contribution in [2.45, 2.75) is 29.8 Å². The van der Waals surface area contributed by atoms with Crippen LogP contribution in [-0.4, -0.2) is 48.9 Å². The zero-order chi connectivity index (χ0) is 13.4. The van der Waals surface area contributed by atoms with Crippen LogP contribution in [0.25, 0.3) is 0 Å². The molecule has 1 aliphatic rings. The highest BCUT2D eigenvalue weighted by Gasteiger charge is 2.43. The first-order valence-electron chi connectivity index (χ1n) is 5.43. The average Bonchev–Trinajstić information content (AvgIpc) is 2.61. The van der Waals surface area contributed by atoms with Crippen LogP contribution in [0.2, 0.25) is 0 Å². The van der Waals surface area contributed by atoms with Crippen molar-refractivity contribution in [2.24, 2.45) is 0 Å². The van der Waals surface area contributed by atoms with E-state index >= 15 is 0 Å². The van der Waals surface area contributed by atoms with Crippen molar-refractivity contribution < 1.29 is 15.3 Å². The lowest BCUT2D eigenvalue weighted by atomic mass is 10.1. The van der Waals surface area contributed by atoms with Crippen molar-refractivity contribution >= 4 is 17.6 Å². The summed E-state index contributed by atoms with van der Waals surface area (Å²) in [6.07, 6.45) is -0.706. The van der Waals surface area contributed by atoms with Gasteiger partial charge in [0.15, 0.2) is 0 Å². The first-order valence-corrected chi connectivity index (χ1v) is 6.37. The van der Waals surface area contributed by atoms with E-state index in [2.05, 4.69) is 4.98 Å². The van der Waals surface area contributed by atoms with Crippen molar-refractivity contribution in [1.82, 2.24) is 9.55 Å². The molecule has 100 valence electrons. The molecule has 2 rings (SSSR count). The van der Waals surface area contributed by atoms with Crippen molar-refractivity contribution in [1.29, 1.82) is 0 Å². The lowest BCUT2D eigenvalue weighted by Crippen LogP contribution is -2.36. The Morgan fingerprint density at radius 1 is 1.50 bits per heavy atom. The van der Waals surface area contributed by atoms with Crippen molar-refractivity contribution in [3.8, 4) is 0 Å². The molecule has 1 aromatic heterocycles. The SMILES string of the molecule is Cc1cn([C@H]2S[C@H](CO)[C@@H](O)[C@@H]2O)c(=O)nc1N. The summed E-state index contributed by atoms with van der Waals surface area (Å²) in [4.78, 5) is 15.4. The van der Waals surface area contributed by atoms with Crippen LogP contribution in [0, 0.1) is 6.92 Å². The van der Waals surface area contributed by atoms with Gasteiger partial charge in [-0.1, -0.05) is 0 Å². The maximum atomic E-state index is 11.7. The smallest absolute Gasteiger partial charge is 0.350 e. The summed E-state index contributed by atoms with van der Waals surface area (Å²) >= 11 is 1.14. The average molecular weight is 273 g/mol. The third-order valence-electron chi connectivity index (χ3n) is 2.97. The first kappa shape index (κ1) is 13.3. The summed E-state index contributed by atoms with van der Waals surface area (Å²) in [6.45, 7) is 1.43. The second-order valence-electron chi connectivity index (χ2n) is 4.23. The molecular formula is C10H15N3O4S. The van der Waals surface area contributed by atoms with Crippen LogP contribution in [-0.2, 0) is 0 Å². The lowest BCUT2D eigenvalue weighted by Gasteiger charge is -2.18. The molecule has 0 saturated carbocycles. The molecule has 1 fully saturated rings. The number of aryl methyl sites for hydroxylation is 1. The first-order chi connectivity index (χ1) is 8.45. The Morgan fingerprint density at radius 3 is 2.72 bits per heavy atom. The lowest BCUT2D eigenvalue weighted by molar-refractivity contribution is 0.0101. The number of aliphatic hydroxyl groups excluding tert-OH is 3. The molecular weight excluding hydrogens is 258 g/mol. The molecule has 2 heterocycles. The Morgan fingerprint density at radius 2 is 2.17 bits per heavy atom. The predicted molar refractivity (Wildman–Crippen MR) is 67.2 cm³/mol. The second-order valence-corrected chi connectivity index (χ2v) is 5.59. The van der Waals surface area contributed by atoms with E-state index in [0.29, 0.717) is 5.56 Å². The minimum Gasteiger partial charge on any atom is -0.395 e. The second kappa shape index (κ2) is 4.88. The summed E-state index contributed by atoms with van der Waals surface area (Å²) in [5, 5.41) is 27.5. The van der Waals surface area contributed by atoms with Gasteiger partial charge in [-0.05, 0) is 6.92 Å². The van der Waals surface area contributed by atoms with E-state index in [4.69, 9.17) is 10.8 Å². The van der Waals surface area contributed by atoms with Gasteiger partial charge in [-0.15, -0.1) is 11.8 Å². The summed E-state index contributed by atoms with van der Waals surface area (Å²) in [5.74, 6) is 0.146. The molecule has 0 aromatic carbocycles. The van der Waals surface area contributed by atoms with Gasteiger partial charge in [-0.2, -0.15) is 4.98 Å². The van der Waals surface area contributed by atoms with Crippen molar-refractivity contribution in [2.75, 3.05) is 12.3 Å². The van der Waals surface area contributed by atoms with Gasteiger partial charge < -0.3 is 21.1 Å². The zero-order valence-corrected chi connectivity index (χ0v) is 10.5. The molecule has 1 aromatic rings. The molecule has 0 unspecified atom stereocenters. The molecule has 0 bridgehead atoms. The predicted octanol–water partition coefficient (Wildman–Crippen LogP) is -1.54. The van der Waals surface area contributed by atoms with E-state index in [9.17, 15) is 15.0 Å². The van der Waals surface area contributed by atoms with E-state index in [0.717, 1.165) is 11.8 Å². The molecule has 8 heteroatoms. The third kappa shape index (κ3) is 2.12. The third-order valence-corrected chi connectivity index (χ3v) is 4.53. The van der Waals surface area contributed by atoms with Crippen LogP contribution in [0.3, 0.4) is 0 Å². The van der Waals surface area contributed by atoms with Crippen molar-refractivity contribution in [3.63, 3.8) is 0 Å². The highest BCUT2D eigenvalue weighted by Crippen LogP contribution is 2.40. The normalized spacial score (nSPS) is 31.8. The van der Waals surface area contributed by atoms with Gasteiger partial charge in [0.05, 0.1) is 18.0 Å². The van der Waals surface area contributed by atoms with Gasteiger partial charge >= 0.3 is 5.69 Å².